The molecule has 0 spiro atoms. The minimum atomic E-state index is -4.64. The highest BCUT2D eigenvalue weighted by Crippen LogP contribution is 2.37. The number of nitrogens with one attached hydrogen (secondary N) is 1. The monoisotopic (exact) mass is 301 g/mol. The molecule has 2 aromatic rings. The molecule has 0 unspecified atom stereocenters. The minimum absolute atomic E-state index is 0.0620. The number of likely N-dealkylation sites (N-methyl/N-ethyl adjacent to an activating group) is 1. The Morgan fingerprint density at radius 1 is 1.33 bits per heavy atom. The number of rotatable bonds is 5. The molecule has 0 bridgehead atoms. The van der Waals surface area contributed by atoms with Crippen molar-refractivity contribution in [3.05, 3.63) is 29.7 Å². The number of hydrogen-bond donors (Lipinski definition) is 2. The lowest BCUT2D eigenvalue weighted by atomic mass is 10.1. The third-order valence-corrected chi connectivity index (χ3v) is 2.79. The van der Waals surface area contributed by atoms with Crippen LogP contribution in [0.3, 0.4) is 0 Å². The lowest BCUT2D eigenvalue weighted by Crippen LogP contribution is -2.16. The van der Waals surface area contributed by atoms with E-state index < -0.39 is 17.5 Å². The van der Waals surface area contributed by atoms with E-state index in [1.165, 1.54) is 6.07 Å². The molecule has 1 aromatic carbocycles. The number of benzene rings is 1. The third kappa shape index (κ3) is 3.72. The summed E-state index contributed by atoms with van der Waals surface area (Å²) in [5.41, 5.74) is -0.988. The second-order valence-corrected chi connectivity index (χ2v) is 4.34. The first-order valence-electron chi connectivity index (χ1n) is 6.35. The van der Waals surface area contributed by atoms with E-state index in [9.17, 15) is 18.3 Å². The second kappa shape index (κ2) is 6.13. The number of aromatic nitrogens is 2. The number of aromatic hydroxyl groups is 1. The van der Waals surface area contributed by atoms with Crippen LogP contribution in [0.25, 0.3) is 11.4 Å². The Labute approximate surface area is 118 Å². The van der Waals surface area contributed by atoms with Gasteiger partial charge in [0.1, 0.15) is 5.75 Å². The van der Waals surface area contributed by atoms with Gasteiger partial charge in [0.25, 0.3) is 0 Å². The van der Waals surface area contributed by atoms with E-state index in [2.05, 4.69) is 15.5 Å². The van der Waals surface area contributed by atoms with Crippen LogP contribution in [0.2, 0.25) is 0 Å². The Balaban J connectivity index is 2.22. The zero-order valence-electron chi connectivity index (χ0n) is 11.2. The zero-order chi connectivity index (χ0) is 15.5. The Kier molecular flexibility index (Phi) is 4.46. The van der Waals surface area contributed by atoms with Crippen LogP contribution in [0, 0.1) is 0 Å². The standard InChI is InChI=1S/C13H14F3N3O2/c1-2-17-6-5-11-18-12(19-21-11)8-3-4-10(20)9(7-8)13(14,15)16/h3-4,7,17,20H,2,5-6H2,1H3. The first-order valence-corrected chi connectivity index (χ1v) is 6.35. The van der Waals surface area contributed by atoms with Crippen LogP contribution >= 0.6 is 0 Å². The van der Waals surface area contributed by atoms with Crippen LogP contribution in [0.15, 0.2) is 22.7 Å². The first kappa shape index (κ1) is 15.3. The molecule has 0 radical (unpaired) electrons. The van der Waals surface area contributed by atoms with Gasteiger partial charge in [0.15, 0.2) is 0 Å². The molecule has 0 amide bonds. The predicted octanol–water partition coefficient (Wildman–Crippen LogP) is 2.61. The van der Waals surface area contributed by atoms with E-state index in [4.69, 9.17) is 4.52 Å². The highest BCUT2D eigenvalue weighted by atomic mass is 19.4. The molecule has 2 N–H and O–H groups in total. The van der Waals surface area contributed by atoms with Crippen molar-refractivity contribution < 1.29 is 22.8 Å². The van der Waals surface area contributed by atoms with E-state index in [0.717, 1.165) is 18.7 Å². The topological polar surface area (TPSA) is 71.2 Å². The van der Waals surface area contributed by atoms with Gasteiger partial charge in [0, 0.05) is 18.5 Å². The number of hydrogen-bond acceptors (Lipinski definition) is 5. The molecular weight excluding hydrogens is 287 g/mol. The van der Waals surface area contributed by atoms with Crippen molar-refractivity contribution in [3.8, 4) is 17.1 Å². The van der Waals surface area contributed by atoms with Crippen molar-refractivity contribution in [1.82, 2.24) is 15.5 Å². The van der Waals surface area contributed by atoms with Gasteiger partial charge < -0.3 is 14.9 Å². The maximum absolute atomic E-state index is 12.7. The maximum atomic E-state index is 12.7. The molecule has 0 fully saturated rings. The Morgan fingerprint density at radius 3 is 2.76 bits per heavy atom. The Morgan fingerprint density at radius 2 is 2.10 bits per heavy atom. The molecule has 1 aromatic heterocycles. The molecule has 0 aliphatic heterocycles. The largest absolute Gasteiger partial charge is 0.507 e. The van der Waals surface area contributed by atoms with Gasteiger partial charge in [-0.1, -0.05) is 12.1 Å². The van der Waals surface area contributed by atoms with E-state index in [1.54, 1.807) is 0 Å². The van der Waals surface area contributed by atoms with Crippen LogP contribution in [0.5, 0.6) is 5.75 Å². The third-order valence-electron chi connectivity index (χ3n) is 2.79. The van der Waals surface area contributed by atoms with Crippen molar-refractivity contribution >= 4 is 0 Å². The fraction of sp³-hybridized carbons (Fsp3) is 0.385. The van der Waals surface area contributed by atoms with Crippen molar-refractivity contribution in [2.24, 2.45) is 0 Å². The van der Waals surface area contributed by atoms with Gasteiger partial charge in [-0.05, 0) is 24.7 Å². The van der Waals surface area contributed by atoms with E-state index in [1.807, 2.05) is 6.92 Å². The summed E-state index contributed by atoms with van der Waals surface area (Å²) in [5.74, 6) is -0.429. The van der Waals surface area contributed by atoms with Crippen LogP contribution < -0.4 is 5.32 Å². The van der Waals surface area contributed by atoms with Crippen molar-refractivity contribution in [2.75, 3.05) is 13.1 Å². The molecule has 0 atom stereocenters. The summed E-state index contributed by atoms with van der Waals surface area (Å²) in [6.45, 7) is 3.39. The van der Waals surface area contributed by atoms with Crippen LogP contribution in [0.4, 0.5) is 13.2 Å². The molecule has 1 heterocycles. The van der Waals surface area contributed by atoms with Gasteiger partial charge in [-0.25, -0.2) is 0 Å². The number of nitrogens with zero attached hydrogens (tertiary/aromatic N) is 2. The minimum Gasteiger partial charge on any atom is -0.507 e. The average Bonchev–Trinajstić information content (AvgIpc) is 2.87. The second-order valence-electron chi connectivity index (χ2n) is 4.34. The van der Waals surface area contributed by atoms with E-state index in [0.29, 0.717) is 18.9 Å². The zero-order valence-corrected chi connectivity index (χ0v) is 11.2. The Bertz CT molecular complexity index is 611. The summed E-state index contributed by atoms with van der Waals surface area (Å²) < 4.78 is 43.1. The summed E-state index contributed by atoms with van der Waals surface area (Å²) in [6, 6.07) is 3.07. The fourth-order valence-corrected chi connectivity index (χ4v) is 1.75. The molecule has 2 rings (SSSR count). The molecule has 0 saturated heterocycles. The lowest BCUT2D eigenvalue weighted by Gasteiger charge is -2.09. The average molecular weight is 301 g/mol. The SMILES string of the molecule is CCNCCc1nc(-c2ccc(O)c(C(F)(F)F)c2)no1. The number of halogens is 3. The van der Waals surface area contributed by atoms with Gasteiger partial charge in [-0.2, -0.15) is 18.2 Å². The van der Waals surface area contributed by atoms with Crippen molar-refractivity contribution in [2.45, 2.75) is 19.5 Å². The normalized spacial score (nSPS) is 11.8. The quantitative estimate of drug-likeness (QED) is 0.831. The molecule has 0 aliphatic rings. The highest BCUT2D eigenvalue weighted by Gasteiger charge is 2.34. The van der Waals surface area contributed by atoms with Crippen LogP contribution in [-0.4, -0.2) is 28.3 Å². The molecular formula is C13H14F3N3O2. The summed E-state index contributed by atoms with van der Waals surface area (Å²) in [6.07, 6.45) is -4.15. The molecule has 5 nitrogen and oxygen atoms in total. The highest BCUT2D eigenvalue weighted by molar-refractivity contribution is 5.58. The van der Waals surface area contributed by atoms with Gasteiger partial charge in [-0.3, -0.25) is 0 Å². The smallest absolute Gasteiger partial charge is 0.419 e. The van der Waals surface area contributed by atoms with Gasteiger partial charge in [0.05, 0.1) is 5.56 Å². The van der Waals surface area contributed by atoms with Gasteiger partial charge in [0.2, 0.25) is 11.7 Å². The van der Waals surface area contributed by atoms with Crippen LogP contribution in [0.1, 0.15) is 18.4 Å². The first-order chi connectivity index (χ1) is 9.91. The van der Waals surface area contributed by atoms with Crippen LogP contribution in [-0.2, 0) is 12.6 Å². The number of phenolic OH excluding ortho intramolecular Hbond substituents is 1. The van der Waals surface area contributed by atoms with Crippen molar-refractivity contribution in [1.29, 1.82) is 0 Å². The molecule has 0 aliphatic carbocycles. The summed E-state index contributed by atoms with van der Waals surface area (Å²) in [7, 11) is 0. The van der Waals surface area contributed by atoms with Gasteiger partial charge >= 0.3 is 6.18 Å². The van der Waals surface area contributed by atoms with E-state index >= 15 is 0 Å². The molecule has 21 heavy (non-hydrogen) atoms. The predicted molar refractivity (Wildman–Crippen MR) is 68.6 cm³/mol. The van der Waals surface area contributed by atoms with E-state index in [-0.39, 0.29) is 11.4 Å². The molecule has 0 saturated carbocycles. The summed E-state index contributed by atoms with van der Waals surface area (Å²) in [5, 5.41) is 16.0. The summed E-state index contributed by atoms with van der Waals surface area (Å²) in [4.78, 5) is 4.04. The number of alkyl halides is 3. The summed E-state index contributed by atoms with van der Waals surface area (Å²) >= 11 is 0. The maximum Gasteiger partial charge on any atom is 0.419 e. The molecule has 8 heteroatoms. The Hall–Kier alpha value is -2.09. The lowest BCUT2D eigenvalue weighted by molar-refractivity contribution is -0.138. The van der Waals surface area contributed by atoms with Crippen molar-refractivity contribution in [3.63, 3.8) is 0 Å². The fourth-order valence-electron chi connectivity index (χ4n) is 1.75. The number of phenols is 1. The van der Waals surface area contributed by atoms with Gasteiger partial charge in [-0.15, -0.1) is 0 Å². The molecule has 114 valence electrons.